The lowest BCUT2D eigenvalue weighted by Gasteiger charge is -2.19. The molecule has 114 valence electrons. The number of halogens is 1. The van der Waals surface area contributed by atoms with Crippen LogP contribution in [0.1, 0.15) is 61.7 Å². The predicted molar refractivity (Wildman–Crippen MR) is 89.6 cm³/mol. The van der Waals surface area contributed by atoms with Gasteiger partial charge in [-0.05, 0) is 54.8 Å². The molecule has 21 heavy (non-hydrogen) atoms. The van der Waals surface area contributed by atoms with Crippen LogP contribution in [0, 0.1) is 0 Å². The van der Waals surface area contributed by atoms with Gasteiger partial charge in [-0.15, -0.1) is 21.5 Å². The quantitative estimate of drug-likeness (QED) is 0.877. The highest BCUT2D eigenvalue weighted by molar-refractivity contribution is 9.11. The molecule has 2 atom stereocenters. The van der Waals surface area contributed by atoms with E-state index in [0.29, 0.717) is 6.04 Å². The highest BCUT2D eigenvalue weighted by atomic mass is 79.9. The van der Waals surface area contributed by atoms with Crippen LogP contribution < -0.4 is 5.32 Å². The molecule has 6 heteroatoms. The fourth-order valence-corrected chi connectivity index (χ4v) is 4.36. The molecule has 2 aromatic rings. The Balaban J connectivity index is 1.73. The summed E-state index contributed by atoms with van der Waals surface area (Å²) in [4.78, 5) is 1.34. The molecule has 1 aliphatic heterocycles. The summed E-state index contributed by atoms with van der Waals surface area (Å²) in [6.07, 6.45) is 4.83. The number of rotatable bonds is 4. The van der Waals surface area contributed by atoms with Crippen molar-refractivity contribution >= 4 is 27.3 Å². The van der Waals surface area contributed by atoms with Gasteiger partial charge in [0, 0.05) is 23.9 Å². The van der Waals surface area contributed by atoms with Crippen LogP contribution in [0.5, 0.6) is 0 Å². The topological polar surface area (TPSA) is 42.7 Å². The first-order valence-corrected chi connectivity index (χ1v) is 9.19. The molecule has 4 nitrogen and oxygen atoms in total. The van der Waals surface area contributed by atoms with Crippen LogP contribution in [0.2, 0.25) is 0 Å². The van der Waals surface area contributed by atoms with Gasteiger partial charge in [0.15, 0.2) is 0 Å². The molecular weight excluding hydrogens is 348 g/mol. The van der Waals surface area contributed by atoms with Crippen molar-refractivity contribution in [2.45, 2.75) is 58.2 Å². The second kappa shape index (κ2) is 6.58. The molecular formula is C15H21BrN4S. The molecule has 0 spiro atoms. The van der Waals surface area contributed by atoms with Crippen molar-refractivity contribution < 1.29 is 0 Å². The van der Waals surface area contributed by atoms with E-state index < -0.39 is 0 Å². The second-order valence-electron chi connectivity index (χ2n) is 5.69. The summed E-state index contributed by atoms with van der Waals surface area (Å²) in [5.74, 6) is 2.23. The van der Waals surface area contributed by atoms with Gasteiger partial charge in [0.25, 0.3) is 0 Å². The molecule has 0 fully saturated rings. The van der Waals surface area contributed by atoms with E-state index >= 15 is 0 Å². The van der Waals surface area contributed by atoms with Crippen molar-refractivity contribution in [1.82, 2.24) is 20.1 Å². The largest absolute Gasteiger partial charge is 0.314 e. The SMILES string of the molecule is CC(NC(C)c1nnc2n1CCCCC2)c1ccc(Br)s1. The number of hydrogen-bond donors (Lipinski definition) is 1. The van der Waals surface area contributed by atoms with Gasteiger partial charge in [0.1, 0.15) is 11.6 Å². The van der Waals surface area contributed by atoms with Crippen molar-refractivity contribution in [2.24, 2.45) is 0 Å². The fraction of sp³-hybridized carbons (Fsp3) is 0.600. The molecule has 3 rings (SSSR count). The molecule has 2 unspecified atom stereocenters. The summed E-state index contributed by atoms with van der Waals surface area (Å²) >= 11 is 5.31. The average Bonchev–Trinajstić information content (AvgIpc) is 2.99. The lowest BCUT2D eigenvalue weighted by molar-refractivity contribution is 0.457. The highest BCUT2D eigenvalue weighted by Crippen LogP contribution is 2.29. The van der Waals surface area contributed by atoms with E-state index in [-0.39, 0.29) is 6.04 Å². The predicted octanol–water partition coefficient (Wildman–Crippen LogP) is 4.24. The van der Waals surface area contributed by atoms with Gasteiger partial charge in [-0.3, -0.25) is 0 Å². The van der Waals surface area contributed by atoms with Crippen LogP contribution >= 0.6 is 27.3 Å². The smallest absolute Gasteiger partial charge is 0.149 e. The number of thiophene rings is 1. The van der Waals surface area contributed by atoms with E-state index in [1.807, 2.05) is 0 Å². The van der Waals surface area contributed by atoms with Gasteiger partial charge < -0.3 is 9.88 Å². The van der Waals surface area contributed by atoms with Crippen LogP contribution in [-0.2, 0) is 13.0 Å². The maximum atomic E-state index is 4.44. The Labute approximate surface area is 138 Å². The summed E-state index contributed by atoms with van der Waals surface area (Å²) in [6, 6.07) is 4.80. The minimum atomic E-state index is 0.209. The summed E-state index contributed by atoms with van der Waals surface area (Å²) in [5.41, 5.74) is 0. The zero-order valence-electron chi connectivity index (χ0n) is 12.5. The van der Waals surface area contributed by atoms with Crippen LogP contribution in [0.3, 0.4) is 0 Å². The standard InChI is InChI=1S/C15H21BrN4S/c1-10(12-7-8-13(16)21-12)17-11(2)15-19-18-14-6-4-3-5-9-20(14)15/h7-8,10-11,17H,3-6,9H2,1-2H3. The van der Waals surface area contributed by atoms with E-state index in [9.17, 15) is 0 Å². The minimum absolute atomic E-state index is 0.209. The lowest BCUT2D eigenvalue weighted by atomic mass is 10.2. The summed E-state index contributed by atoms with van der Waals surface area (Å²) < 4.78 is 3.50. The van der Waals surface area contributed by atoms with Gasteiger partial charge in [0.05, 0.1) is 9.83 Å². The number of nitrogens with zero attached hydrogens (tertiary/aromatic N) is 3. The second-order valence-corrected chi connectivity index (χ2v) is 8.18. The Bertz CT molecular complexity index is 607. The van der Waals surface area contributed by atoms with Crippen molar-refractivity contribution in [3.8, 4) is 0 Å². The van der Waals surface area contributed by atoms with Crippen molar-refractivity contribution in [1.29, 1.82) is 0 Å². The van der Waals surface area contributed by atoms with E-state index in [1.165, 1.54) is 27.9 Å². The first-order chi connectivity index (χ1) is 10.1. The number of hydrogen-bond acceptors (Lipinski definition) is 4. The van der Waals surface area contributed by atoms with E-state index in [1.54, 1.807) is 11.3 Å². The first kappa shape index (κ1) is 15.2. The summed E-state index contributed by atoms with van der Waals surface area (Å²) in [7, 11) is 0. The Kier molecular flexibility index (Phi) is 4.76. The van der Waals surface area contributed by atoms with Crippen molar-refractivity contribution in [2.75, 3.05) is 0 Å². The molecule has 0 aromatic carbocycles. The average molecular weight is 369 g/mol. The van der Waals surface area contributed by atoms with Gasteiger partial charge in [-0.25, -0.2) is 0 Å². The Morgan fingerprint density at radius 3 is 2.81 bits per heavy atom. The third kappa shape index (κ3) is 3.38. The molecule has 0 bridgehead atoms. The van der Waals surface area contributed by atoms with E-state index in [2.05, 4.69) is 62.0 Å². The van der Waals surface area contributed by atoms with Gasteiger partial charge in [-0.2, -0.15) is 0 Å². The van der Waals surface area contributed by atoms with E-state index in [4.69, 9.17) is 0 Å². The van der Waals surface area contributed by atoms with Crippen LogP contribution in [0.25, 0.3) is 0 Å². The maximum absolute atomic E-state index is 4.44. The zero-order chi connectivity index (χ0) is 14.8. The molecule has 0 amide bonds. The molecule has 3 heterocycles. The van der Waals surface area contributed by atoms with Crippen LogP contribution in [0.15, 0.2) is 15.9 Å². The molecule has 1 aliphatic rings. The maximum Gasteiger partial charge on any atom is 0.149 e. The highest BCUT2D eigenvalue weighted by Gasteiger charge is 2.21. The lowest BCUT2D eigenvalue weighted by Crippen LogP contribution is -2.25. The summed E-state index contributed by atoms with van der Waals surface area (Å²) in [5, 5.41) is 12.5. The molecule has 0 saturated carbocycles. The van der Waals surface area contributed by atoms with Crippen molar-refractivity contribution in [3.63, 3.8) is 0 Å². The third-order valence-corrected chi connectivity index (χ3v) is 5.85. The third-order valence-electron chi connectivity index (χ3n) is 4.05. The molecule has 0 radical (unpaired) electrons. The molecule has 2 aromatic heterocycles. The molecule has 0 aliphatic carbocycles. The Hall–Kier alpha value is -0.720. The number of fused-ring (bicyclic) bond motifs is 1. The molecule has 0 saturated heterocycles. The van der Waals surface area contributed by atoms with Gasteiger partial charge in [0.2, 0.25) is 0 Å². The molecule has 1 N–H and O–H groups in total. The first-order valence-electron chi connectivity index (χ1n) is 7.58. The van der Waals surface area contributed by atoms with Crippen LogP contribution in [0.4, 0.5) is 0 Å². The van der Waals surface area contributed by atoms with Gasteiger partial charge >= 0.3 is 0 Å². The minimum Gasteiger partial charge on any atom is -0.314 e. The Morgan fingerprint density at radius 1 is 1.19 bits per heavy atom. The zero-order valence-corrected chi connectivity index (χ0v) is 14.9. The number of aryl methyl sites for hydroxylation is 1. The van der Waals surface area contributed by atoms with Crippen molar-refractivity contribution in [3.05, 3.63) is 32.4 Å². The van der Waals surface area contributed by atoms with E-state index in [0.717, 1.165) is 24.6 Å². The Morgan fingerprint density at radius 2 is 2.05 bits per heavy atom. The van der Waals surface area contributed by atoms with Crippen LogP contribution in [-0.4, -0.2) is 14.8 Å². The fourth-order valence-electron chi connectivity index (χ4n) is 2.92. The number of aromatic nitrogens is 3. The summed E-state index contributed by atoms with van der Waals surface area (Å²) in [6.45, 7) is 5.44. The number of nitrogens with one attached hydrogen (secondary N) is 1. The normalized spacial score (nSPS) is 18.0. The van der Waals surface area contributed by atoms with Gasteiger partial charge in [-0.1, -0.05) is 6.42 Å². The monoisotopic (exact) mass is 368 g/mol.